The smallest absolute Gasteiger partial charge is 0.246 e. The molecule has 1 heterocycles. The van der Waals surface area contributed by atoms with E-state index >= 15 is 0 Å². The Labute approximate surface area is 165 Å². The molecule has 0 atom stereocenters. The van der Waals surface area contributed by atoms with Gasteiger partial charge >= 0.3 is 0 Å². The van der Waals surface area contributed by atoms with Gasteiger partial charge in [-0.05, 0) is 49.6 Å². The molecule has 6 nitrogen and oxygen atoms in total. The maximum atomic E-state index is 11.7. The minimum absolute atomic E-state index is 0.0521. The molecule has 0 bridgehead atoms. The molecule has 2 aromatic carbocycles. The maximum absolute atomic E-state index is 11.7. The normalized spacial score (nSPS) is 10.9. The van der Waals surface area contributed by atoms with Gasteiger partial charge in [-0.25, -0.2) is 4.98 Å². The predicted molar refractivity (Wildman–Crippen MR) is 109 cm³/mol. The van der Waals surface area contributed by atoms with Crippen LogP contribution in [0.2, 0.25) is 0 Å². The highest BCUT2D eigenvalue weighted by Gasteiger charge is 2.11. The third-order valence-corrected chi connectivity index (χ3v) is 4.49. The Kier molecular flexibility index (Phi) is 7.03. The number of aromatic nitrogens is 2. The molecule has 0 saturated heterocycles. The van der Waals surface area contributed by atoms with Gasteiger partial charge in [0.1, 0.15) is 18.2 Å². The highest BCUT2D eigenvalue weighted by atomic mass is 16.5. The van der Waals surface area contributed by atoms with Crippen LogP contribution in [-0.4, -0.2) is 35.8 Å². The first-order valence-electron chi connectivity index (χ1n) is 9.56. The molecule has 0 radical (unpaired) electrons. The number of aryl methyl sites for hydroxylation is 2. The van der Waals surface area contributed by atoms with Crippen molar-refractivity contribution >= 4 is 16.9 Å². The summed E-state index contributed by atoms with van der Waals surface area (Å²) in [6.45, 7) is 4.00. The summed E-state index contributed by atoms with van der Waals surface area (Å²) in [4.78, 5) is 16.4. The number of amides is 1. The Bertz CT molecular complexity index is 920. The van der Waals surface area contributed by atoms with Gasteiger partial charge in [0.25, 0.3) is 0 Å². The summed E-state index contributed by atoms with van der Waals surface area (Å²) < 4.78 is 12.9. The molecule has 148 valence electrons. The molecule has 0 spiro atoms. The number of nitrogens with zero attached hydrogens (tertiary/aromatic N) is 2. The third kappa shape index (κ3) is 5.33. The van der Waals surface area contributed by atoms with Crippen LogP contribution in [0.25, 0.3) is 11.0 Å². The van der Waals surface area contributed by atoms with Crippen molar-refractivity contribution in [2.24, 2.45) is 0 Å². The van der Waals surface area contributed by atoms with Crippen LogP contribution in [0.4, 0.5) is 0 Å². The van der Waals surface area contributed by atoms with Crippen LogP contribution < -0.4 is 10.1 Å². The number of fused-ring (bicyclic) bond motifs is 1. The maximum Gasteiger partial charge on any atom is 0.246 e. The second-order valence-corrected chi connectivity index (χ2v) is 6.75. The number of nitrogens with one attached hydrogen (secondary N) is 1. The first-order valence-corrected chi connectivity index (χ1v) is 9.56. The molecule has 0 saturated carbocycles. The van der Waals surface area contributed by atoms with Gasteiger partial charge in [0.05, 0.1) is 24.2 Å². The number of methoxy groups -OCH3 is 1. The van der Waals surface area contributed by atoms with E-state index in [1.807, 2.05) is 36.4 Å². The molecule has 1 amide bonds. The molecule has 0 aliphatic carbocycles. The molecule has 6 heteroatoms. The first kappa shape index (κ1) is 19.9. The van der Waals surface area contributed by atoms with Gasteiger partial charge in [-0.1, -0.05) is 24.3 Å². The van der Waals surface area contributed by atoms with Crippen molar-refractivity contribution < 1.29 is 14.3 Å². The van der Waals surface area contributed by atoms with E-state index < -0.39 is 0 Å². The molecule has 0 aliphatic rings. The zero-order valence-electron chi connectivity index (χ0n) is 16.5. The number of hydrogen-bond donors (Lipinski definition) is 1. The highest BCUT2D eigenvalue weighted by Crippen LogP contribution is 2.17. The van der Waals surface area contributed by atoms with Crippen LogP contribution in [0.5, 0.6) is 5.75 Å². The van der Waals surface area contributed by atoms with E-state index in [1.165, 1.54) is 12.7 Å². The monoisotopic (exact) mass is 381 g/mol. The van der Waals surface area contributed by atoms with Crippen molar-refractivity contribution in [1.82, 2.24) is 14.9 Å². The number of carbonyl (C=O) groups is 1. The molecule has 28 heavy (non-hydrogen) atoms. The van der Waals surface area contributed by atoms with Crippen molar-refractivity contribution in [3.63, 3.8) is 0 Å². The molecule has 0 unspecified atom stereocenters. The number of benzene rings is 2. The lowest BCUT2D eigenvalue weighted by atomic mass is 10.2. The lowest BCUT2D eigenvalue weighted by Gasteiger charge is -2.11. The number of rotatable bonds is 10. The Balaban J connectivity index is 1.57. The summed E-state index contributed by atoms with van der Waals surface area (Å²) in [5.74, 6) is 1.62. The zero-order valence-corrected chi connectivity index (χ0v) is 16.5. The van der Waals surface area contributed by atoms with Crippen molar-refractivity contribution in [3.8, 4) is 5.75 Å². The fraction of sp³-hybridized carbons (Fsp3) is 0.364. The van der Waals surface area contributed by atoms with Gasteiger partial charge in [-0.3, -0.25) is 4.79 Å². The minimum atomic E-state index is -0.146. The van der Waals surface area contributed by atoms with Crippen LogP contribution in [0.15, 0.2) is 48.5 Å². The zero-order chi connectivity index (χ0) is 19.8. The Morgan fingerprint density at radius 3 is 2.82 bits per heavy atom. The Hall–Kier alpha value is -2.86. The van der Waals surface area contributed by atoms with E-state index in [0.29, 0.717) is 13.2 Å². The van der Waals surface area contributed by atoms with E-state index in [4.69, 9.17) is 9.47 Å². The summed E-state index contributed by atoms with van der Waals surface area (Å²) in [6, 6.07) is 16.1. The predicted octanol–water partition coefficient (Wildman–Crippen LogP) is 3.47. The molecule has 3 rings (SSSR count). The first-order chi connectivity index (χ1) is 13.7. The molecule has 1 aromatic heterocycles. The third-order valence-electron chi connectivity index (χ3n) is 4.49. The van der Waals surface area contributed by atoms with Crippen LogP contribution in [-0.2, 0) is 22.6 Å². The van der Waals surface area contributed by atoms with Gasteiger partial charge in [0, 0.05) is 13.7 Å². The van der Waals surface area contributed by atoms with E-state index in [2.05, 4.69) is 33.9 Å². The molecular formula is C22H27N3O3. The highest BCUT2D eigenvalue weighted by molar-refractivity contribution is 5.78. The summed E-state index contributed by atoms with van der Waals surface area (Å²) in [5, 5.41) is 2.86. The number of unbranched alkanes of at least 4 members (excludes halogenated alkanes) is 1. The van der Waals surface area contributed by atoms with Crippen molar-refractivity contribution in [3.05, 3.63) is 59.9 Å². The second kappa shape index (κ2) is 9.90. The van der Waals surface area contributed by atoms with Crippen molar-refractivity contribution in [2.75, 3.05) is 20.3 Å². The van der Waals surface area contributed by atoms with Gasteiger partial charge in [0.2, 0.25) is 5.91 Å². The fourth-order valence-electron chi connectivity index (χ4n) is 3.14. The number of ether oxygens (including phenoxy) is 2. The molecule has 3 aromatic rings. The second-order valence-electron chi connectivity index (χ2n) is 6.75. The minimum Gasteiger partial charge on any atom is -0.494 e. The molecular weight excluding hydrogens is 354 g/mol. The number of para-hydroxylation sites is 2. The van der Waals surface area contributed by atoms with E-state index in [9.17, 15) is 4.79 Å². The van der Waals surface area contributed by atoms with Crippen molar-refractivity contribution in [2.45, 2.75) is 32.9 Å². The van der Waals surface area contributed by atoms with Gasteiger partial charge in [-0.15, -0.1) is 0 Å². The standard InChI is InChI=1S/C22H27N3O3/c1-17-8-7-9-18(14-17)28-13-6-5-12-25-20-11-4-3-10-19(20)24-21(25)15-23-22(26)16-27-2/h3-4,7-11,14H,5-6,12-13,15-16H2,1-2H3,(H,23,26). The molecule has 1 N–H and O–H groups in total. The number of hydrogen-bond acceptors (Lipinski definition) is 4. The molecule has 0 fully saturated rings. The lowest BCUT2D eigenvalue weighted by molar-refractivity contribution is -0.124. The van der Waals surface area contributed by atoms with Gasteiger partial charge in [-0.2, -0.15) is 0 Å². The summed E-state index contributed by atoms with van der Waals surface area (Å²) in [7, 11) is 1.51. The van der Waals surface area contributed by atoms with Crippen LogP contribution in [0, 0.1) is 6.92 Å². The lowest BCUT2D eigenvalue weighted by Crippen LogP contribution is -2.28. The molecule has 0 aliphatic heterocycles. The summed E-state index contributed by atoms with van der Waals surface area (Å²) >= 11 is 0. The topological polar surface area (TPSA) is 65.4 Å². The Morgan fingerprint density at radius 2 is 2.00 bits per heavy atom. The van der Waals surface area contributed by atoms with E-state index in [1.54, 1.807) is 0 Å². The number of imidazole rings is 1. The van der Waals surface area contributed by atoms with Gasteiger partial charge < -0.3 is 19.4 Å². The Morgan fingerprint density at radius 1 is 1.14 bits per heavy atom. The fourth-order valence-corrected chi connectivity index (χ4v) is 3.14. The average Bonchev–Trinajstić information content (AvgIpc) is 3.04. The van der Waals surface area contributed by atoms with Crippen LogP contribution in [0.3, 0.4) is 0 Å². The van der Waals surface area contributed by atoms with Crippen LogP contribution >= 0.6 is 0 Å². The largest absolute Gasteiger partial charge is 0.494 e. The van der Waals surface area contributed by atoms with Crippen LogP contribution in [0.1, 0.15) is 24.2 Å². The quantitative estimate of drug-likeness (QED) is 0.546. The van der Waals surface area contributed by atoms with Gasteiger partial charge in [0.15, 0.2) is 0 Å². The number of carbonyl (C=O) groups excluding carboxylic acids is 1. The van der Waals surface area contributed by atoms with E-state index in [-0.39, 0.29) is 12.5 Å². The van der Waals surface area contributed by atoms with E-state index in [0.717, 1.165) is 42.0 Å². The SMILES string of the molecule is COCC(=O)NCc1nc2ccccc2n1CCCCOc1cccc(C)c1. The average molecular weight is 381 g/mol. The summed E-state index contributed by atoms with van der Waals surface area (Å²) in [5.41, 5.74) is 3.22. The summed E-state index contributed by atoms with van der Waals surface area (Å²) in [6.07, 6.45) is 1.90. The van der Waals surface area contributed by atoms with Crippen molar-refractivity contribution in [1.29, 1.82) is 0 Å².